The van der Waals surface area contributed by atoms with Gasteiger partial charge in [-0.2, -0.15) is 5.26 Å². The molecular formula is C29H14F4N2O4. The zero-order valence-corrected chi connectivity index (χ0v) is 19.7. The largest absolute Gasteiger partial charge is 0.423 e. The van der Waals surface area contributed by atoms with Crippen molar-refractivity contribution in [1.29, 1.82) is 5.26 Å². The van der Waals surface area contributed by atoms with E-state index in [9.17, 15) is 27.2 Å². The molecule has 0 aliphatic carbocycles. The first-order chi connectivity index (χ1) is 18.7. The molecule has 0 spiro atoms. The Kier molecular flexibility index (Phi) is 7.69. The average Bonchev–Trinajstić information content (AvgIpc) is 2.89. The van der Waals surface area contributed by atoms with Gasteiger partial charge in [-0.1, -0.05) is 24.3 Å². The molecule has 0 aliphatic rings. The number of esters is 2. The summed E-state index contributed by atoms with van der Waals surface area (Å²) in [6.45, 7) is 6.75. The lowest BCUT2D eigenvalue weighted by atomic mass is 10.0. The second-order valence-electron chi connectivity index (χ2n) is 8.07. The van der Waals surface area contributed by atoms with Crippen LogP contribution in [0.15, 0.2) is 72.8 Å². The highest BCUT2D eigenvalue weighted by atomic mass is 19.1. The van der Waals surface area contributed by atoms with E-state index in [1.807, 2.05) is 0 Å². The fourth-order valence-electron chi connectivity index (χ4n) is 3.51. The highest BCUT2D eigenvalue weighted by molar-refractivity contribution is 5.91. The maximum Gasteiger partial charge on any atom is 0.343 e. The molecular weight excluding hydrogens is 516 g/mol. The predicted octanol–water partition coefficient (Wildman–Crippen LogP) is 6.69. The van der Waals surface area contributed by atoms with Crippen molar-refractivity contribution in [2.24, 2.45) is 0 Å². The third-order valence-electron chi connectivity index (χ3n) is 5.44. The molecule has 4 aromatic rings. The van der Waals surface area contributed by atoms with Crippen molar-refractivity contribution in [3.05, 3.63) is 135 Å². The molecule has 10 heteroatoms. The fourth-order valence-corrected chi connectivity index (χ4v) is 3.51. The second kappa shape index (κ2) is 11.3. The van der Waals surface area contributed by atoms with Gasteiger partial charge in [0, 0.05) is 24.3 Å². The molecule has 0 saturated heterocycles. The van der Waals surface area contributed by atoms with Crippen molar-refractivity contribution in [1.82, 2.24) is 0 Å². The molecule has 6 nitrogen and oxygen atoms in total. The highest BCUT2D eigenvalue weighted by Gasteiger charge is 2.17. The van der Waals surface area contributed by atoms with Crippen LogP contribution in [0.3, 0.4) is 0 Å². The van der Waals surface area contributed by atoms with Gasteiger partial charge in [0.25, 0.3) is 5.69 Å². The van der Waals surface area contributed by atoms with Gasteiger partial charge in [-0.25, -0.2) is 32.0 Å². The molecule has 0 aliphatic heterocycles. The normalized spacial score (nSPS) is 10.3. The summed E-state index contributed by atoms with van der Waals surface area (Å²) in [4.78, 5) is 27.4. The number of halogens is 4. The van der Waals surface area contributed by atoms with Gasteiger partial charge >= 0.3 is 11.9 Å². The fraction of sp³-hybridized carbons (Fsp3) is 0.0345. The van der Waals surface area contributed by atoms with Crippen LogP contribution in [0.5, 0.6) is 11.5 Å². The van der Waals surface area contributed by atoms with Crippen molar-refractivity contribution in [2.75, 3.05) is 0 Å². The summed E-state index contributed by atoms with van der Waals surface area (Å²) in [5.74, 6) is -7.02. The second-order valence-corrected chi connectivity index (χ2v) is 8.07. The predicted molar refractivity (Wildman–Crippen MR) is 129 cm³/mol. The lowest BCUT2D eigenvalue weighted by Gasteiger charge is -2.08. The minimum atomic E-state index is -1.15. The number of nitriles is 1. The molecule has 0 fully saturated rings. The molecule has 39 heavy (non-hydrogen) atoms. The van der Waals surface area contributed by atoms with Crippen LogP contribution in [0, 0.1) is 41.2 Å². The molecule has 192 valence electrons. The molecule has 0 saturated carbocycles. The third-order valence-corrected chi connectivity index (χ3v) is 5.44. The van der Waals surface area contributed by atoms with Gasteiger partial charge in [-0.15, -0.1) is 0 Å². The maximum absolute atomic E-state index is 13.7. The molecule has 4 rings (SSSR count). The van der Waals surface area contributed by atoms with Crippen LogP contribution in [-0.2, 0) is 6.42 Å². The van der Waals surface area contributed by atoms with Crippen LogP contribution in [0.25, 0.3) is 4.85 Å². The van der Waals surface area contributed by atoms with Gasteiger partial charge in [0.15, 0.2) is 0 Å². The van der Waals surface area contributed by atoms with Crippen molar-refractivity contribution in [2.45, 2.75) is 6.42 Å². The Morgan fingerprint density at radius 1 is 0.718 bits per heavy atom. The number of ether oxygens (including phenoxy) is 2. The number of benzene rings is 4. The molecule has 0 bridgehead atoms. The van der Waals surface area contributed by atoms with Crippen LogP contribution >= 0.6 is 0 Å². The molecule has 0 radical (unpaired) electrons. The summed E-state index contributed by atoms with van der Waals surface area (Å²) in [5.41, 5.74) is 0.275. The van der Waals surface area contributed by atoms with Gasteiger partial charge < -0.3 is 9.47 Å². The van der Waals surface area contributed by atoms with Crippen LogP contribution < -0.4 is 9.47 Å². The Morgan fingerprint density at radius 2 is 1.10 bits per heavy atom. The van der Waals surface area contributed by atoms with Gasteiger partial charge in [0.1, 0.15) is 46.4 Å². The van der Waals surface area contributed by atoms with Crippen LogP contribution in [0.4, 0.5) is 23.2 Å². The van der Waals surface area contributed by atoms with E-state index < -0.39 is 46.5 Å². The highest BCUT2D eigenvalue weighted by Crippen LogP contribution is 2.28. The third kappa shape index (κ3) is 6.09. The Morgan fingerprint density at radius 3 is 1.46 bits per heavy atom. The van der Waals surface area contributed by atoms with Crippen LogP contribution in [0.2, 0.25) is 0 Å². The zero-order valence-electron chi connectivity index (χ0n) is 19.7. The standard InChI is InChI=1S/C29H14F4N2O4/c1-35-27-25(32)13-21(14-26(27)33)39-29(37)19-8-4-17(5-9-19)10-16-2-6-18(7-3-16)28(36)38-20-11-23(30)22(15-34)24(31)12-20/h2-9,11-14H,10H2. The number of rotatable bonds is 6. The molecule has 0 amide bonds. The summed E-state index contributed by atoms with van der Waals surface area (Å²) < 4.78 is 64.9. The van der Waals surface area contributed by atoms with Gasteiger partial charge in [0.05, 0.1) is 17.7 Å². The molecule has 0 atom stereocenters. The first kappa shape index (κ1) is 26.6. The first-order valence-electron chi connectivity index (χ1n) is 11.1. The number of hydrogen-bond donors (Lipinski definition) is 0. The molecule has 4 aromatic carbocycles. The van der Waals surface area contributed by atoms with E-state index in [1.54, 1.807) is 24.3 Å². The van der Waals surface area contributed by atoms with Crippen molar-refractivity contribution in [3.63, 3.8) is 0 Å². The van der Waals surface area contributed by atoms with Crippen molar-refractivity contribution in [3.8, 4) is 17.6 Å². The van der Waals surface area contributed by atoms with Crippen molar-refractivity contribution < 1.29 is 36.6 Å². The molecule has 0 aromatic heterocycles. The van der Waals surface area contributed by atoms with E-state index in [1.165, 1.54) is 30.3 Å². The number of hydrogen-bond acceptors (Lipinski definition) is 5. The summed E-state index contributed by atoms with van der Waals surface area (Å²) in [6, 6.07) is 16.9. The summed E-state index contributed by atoms with van der Waals surface area (Å²) in [7, 11) is 0. The van der Waals surface area contributed by atoms with E-state index in [4.69, 9.17) is 21.3 Å². The smallest absolute Gasteiger partial charge is 0.343 e. The average molecular weight is 530 g/mol. The van der Waals surface area contributed by atoms with E-state index >= 15 is 0 Å². The van der Waals surface area contributed by atoms with E-state index in [0.717, 1.165) is 35.4 Å². The number of nitrogens with zero attached hydrogens (tertiary/aromatic N) is 2. The summed E-state index contributed by atoms with van der Waals surface area (Å²) in [5, 5.41) is 8.72. The summed E-state index contributed by atoms with van der Waals surface area (Å²) in [6.07, 6.45) is 0.422. The maximum atomic E-state index is 13.7. The van der Waals surface area contributed by atoms with Crippen LogP contribution in [0.1, 0.15) is 37.4 Å². The van der Waals surface area contributed by atoms with E-state index in [-0.39, 0.29) is 22.6 Å². The molecule has 0 heterocycles. The zero-order chi connectivity index (χ0) is 28.1. The van der Waals surface area contributed by atoms with E-state index in [0.29, 0.717) is 6.42 Å². The number of carbonyl (C=O) groups is 2. The van der Waals surface area contributed by atoms with Gasteiger partial charge in [0.2, 0.25) is 0 Å². The topological polar surface area (TPSA) is 80.8 Å². The molecule has 0 unspecified atom stereocenters. The Labute approximate surface area is 219 Å². The van der Waals surface area contributed by atoms with Gasteiger partial charge in [-0.3, -0.25) is 0 Å². The van der Waals surface area contributed by atoms with Crippen LogP contribution in [-0.4, -0.2) is 11.9 Å². The van der Waals surface area contributed by atoms with Crippen molar-refractivity contribution >= 4 is 17.6 Å². The minimum Gasteiger partial charge on any atom is -0.423 e. The van der Waals surface area contributed by atoms with E-state index in [2.05, 4.69) is 4.85 Å². The van der Waals surface area contributed by atoms with Gasteiger partial charge in [-0.05, 0) is 41.8 Å². The lowest BCUT2D eigenvalue weighted by molar-refractivity contribution is 0.0724. The Balaban J connectivity index is 1.38. The quantitative estimate of drug-likeness (QED) is 0.120. The SMILES string of the molecule is [C-]#[N+]c1c(F)cc(OC(=O)c2ccc(Cc3ccc(C(=O)Oc4cc(F)c(C#N)c(F)c4)cc3)cc2)cc1F. The monoisotopic (exact) mass is 530 g/mol. The Hall–Kier alpha value is -5.48. The molecule has 0 N–H and O–H groups in total. The minimum absolute atomic E-state index is 0.124. The first-order valence-corrected chi connectivity index (χ1v) is 11.1. The lowest BCUT2D eigenvalue weighted by Crippen LogP contribution is -2.09. The number of carbonyl (C=O) groups excluding carboxylic acids is 2. The Bertz CT molecular complexity index is 1500. The summed E-state index contributed by atoms with van der Waals surface area (Å²) >= 11 is 0.